The number of hydrogen-bond donors (Lipinski definition) is 2. The number of benzene rings is 1. The maximum absolute atomic E-state index is 11.3. The SMILES string of the molecule is CCC(C)(NCc1cc(OC)c(Br)cc1OC)C(=O)O. The van der Waals surface area contributed by atoms with Gasteiger partial charge in [0.25, 0.3) is 0 Å². The van der Waals surface area contributed by atoms with Gasteiger partial charge in [-0.1, -0.05) is 6.92 Å². The molecule has 0 fully saturated rings. The number of halogens is 1. The molecule has 0 spiro atoms. The maximum atomic E-state index is 11.3. The topological polar surface area (TPSA) is 67.8 Å². The minimum Gasteiger partial charge on any atom is -0.496 e. The summed E-state index contributed by atoms with van der Waals surface area (Å²) < 4.78 is 11.3. The molecule has 0 aliphatic heterocycles. The summed E-state index contributed by atoms with van der Waals surface area (Å²) in [5, 5.41) is 12.3. The molecule has 1 rings (SSSR count). The van der Waals surface area contributed by atoms with Crippen molar-refractivity contribution < 1.29 is 19.4 Å². The lowest BCUT2D eigenvalue weighted by molar-refractivity contribution is -0.144. The van der Waals surface area contributed by atoms with Gasteiger partial charge >= 0.3 is 5.97 Å². The Morgan fingerprint density at radius 1 is 1.35 bits per heavy atom. The van der Waals surface area contributed by atoms with E-state index in [0.29, 0.717) is 24.5 Å². The van der Waals surface area contributed by atoms with Gasteiger partial charge in [-0.2, -0.15) is 0 Å². The standard InChI is InChI=1S/C14H20BrNO4/c1-5-14(2,13(17)18)16-8-9-6-12(20-4)10(15)7-11(9)19-3/h6-7,16H,5,8H2,1-4H3,(H,17,18). The zero-order valence-electron chi connectivity index (χ0n) is 12.1. The predicted octanol–water partition coefficient (Wildman–Crippen LogP) is 2.81. The third-order valence-corrected chi connectivity index (χ3v) is 4.02. The van der Waals surface area contributed by atoms with Crippen molar-refractivity contribution in [3.8, 4) is 11.5 Å². The van der Waals surface area contributed by atoms with E-state index in [0.717, 1.165) is 10.0 Å². The molecule has 0 aliphatic rings. The molecule has 0 heterocycles. The molecule has 0 amide bonds. The van der Waals surface area contributed by atoms with Crippen molar-refractivity contribution in [2.75, 3.05) is 14.2 Å². The van der Waals surface area contributed by atoms with E-state index < -0.39 is 11.5 Å². The van der Waals surface area contributed by atoms with Gasteiger partial charge in [-0.15, -0.1) is 0 Å². The minimum atomic E-state index is -0.967. The van der Waals surface area contributed by atoms with Crippen molar-refractivity contribution in [2.24, 2.45) is 0 Å². The van der Waals surface area contributed by atoms with Crippen LogP contribution in [0.4, 0.5) is 0 Å². The fraction of sp³-hybridized carbons (Fsp3) is 0.500. The van der Waals surface area contributed by atoms with Crippen LogP contribution in [-0.4, -0.2) is 30.8 Å². The van der Waals surface area contributed by atoms with Crippen LogP contribution in [0.2, 0.25) is 0 Å². The molecular formula is C14H20BrNO4. The van der Waals surface area contributed by atoms with Gasteiger partial charge in [0.2, 0.25) is 0 Å². The first-order valence-corrected chi connectivity index (χ1v) is 7.06. The molecule has 0 saturated carbocycles. The number of ether oxygens (including phenoxy) is 2. The van der Waals surface area contributed by atoms with Gasteiger partial charge in [0.1, 0.15) is 17.0 Å². The molecule has 1 atom stereocenters. The van der Waals surface area contributed by atoms with Crippen molar-refractivity contribution in [3.63, 3.8) is 0 Å². The quantitative estimate of drug-likeness (QED) is 0.795. The summed E-state index contributed by atoms with van der Waals surface area (Å²) in [5.41, 5.74) is -0.126. The van der Waals surface area contributed by atoms with Crippen LogP contribution in [0.1, 0.15) is 25.8 Å². The first-order valence-electron chi connectivity index (χ1n) is 6.26. The molecule has 112 valence electrons. The van der Waals surface area contributed by atoms with E-state index in [9.17, 15) is 9.90 Å². The smallest absolute Gasteiger partial charge is 0.323 e. The van der Waals surface area contributed by atoms with Crippen LogP contribution >= 0.6 is 15.9 Å². The summed E-state index contributed by atoms with van der Waals surface area (Å²) in [7, 11) is 3.16. The third-order valence-electron chi connectivity index (χ3n) is 3.40. The molecule has 1 aromatic rings. The van der Waals surface area contributed by atoms with E-state index in [1.807, 2.05) is 13.0 Å². The summed E-state index contributed by atoms with van der Waals surface area (Å²) in [5.74, 6) is 0.480. The molecule has 20 heavy (non-hydrogen) atoms. The van der Waals surface area contributed by atoms with Crippen LogP contribution in [0, 0.1) is 0 Å². The van der Waals surface area contributed by atoms with Crippen LogP contribution in [-0.2, 0) is 11.3 Å². The summed E-state index contributed by atoms with van der Waals surface area (Å²) in [6.07, 6.45) is 0.484. The second-order valence-electron chi connectivity index (χ2n) is 4.64. The molecule has 2 N–H and O–H groups in total. The van der Waals surface area contributed by atoms with Crippen LogP contribution < -0.4 is 14.8 Å². The Morgan fingerprint density at radius 2 is 1.95 bits per heavy atom. The number of rotatable bonds is 7. The van der Waals surface area contributed by atoms with E-state index in [-0.39, 0.29) is 0 Å². The molecule has 0 saturated heterocycles. The van der Waals surface area contributed by atoms with Crippen molar-refractivity contribution in [1.82, 2.24) is 5.32 Å². The Morgan fingerprint density at radius 3 is 2.40 bits per heavy atom. The summed E-state index contributed by atoms with van der Waals surface area (Å²) in [4.78, 5) is 11.3. The lowest BCUT2D eigenvalue weighted by Crippen LogP contribution is -2.48. The van der Waals surface area contributed by atoms with Crippen molar-refractivity contribution >= 4 is 21.9 Å². The average Bonchev–Trinajstić information content (AvgIpc) is 2.44. The molecular weight excluding hydrogens is 326 g/mol. The van der Waals surface area contributed by atoms with Crippen molar-refractivity contribution in [1.29, 1.82) is 0 Å². The Hall–Kier alpha value is -1.27. The summed E-state index contributed by atoms with van der Waals surface area (Å²) in [6, 6.07) is 3.63. The minimum absolute atomic E-state index is 0.378. The molecule has 1 aromatic carbocycles. The zero-order chi connectivity index (χ0) is 15.3. The van der Waals surface area contributed by atoms with Gasteiger partial charge in [0.15, 0.2) is 0 Å². The van der Waals surface area contributed by atoms with E-state index in [2.05, 4.69) is 21.2 Å². The van der Waals surface area contributed by atoms with Gasteiger partial charge in [-0.05, 0) is 41.4 Å². The predicted molar refractivity (Wildman–Crippen MR) is 80.4 cm³/mol. The van der Waals surface area contributed by atoms with Crippen molar-refractivity contribution in [2.45, 2.75) is 32.4 Å². The lowest BCUT2D eigenvalue weighted by Gasteiger charge is -2.25. The largest absolute Gasteiger partial charge is 0.496 e. The number of carbonyl (C=O) groups is 1. The Bertz CT molecular complexity index is 492. The van der Waals surface area contributed by atoms with Gasteiger partial charge in [0.05, 0.1) is 18.7 Å². The summed E-state index contributed by atoms with van der Waals surface area (Å²) in [6.45, 7) is 3.88. The number of aliphatic carboxylic acids is 1. The van der Waals surface area contributed by atoms with E-state index in [4.69, 9.17) is 9.47 Å². The van der Waals surface area contributed by atoms with Gasteiger partial charge in [0, 0.05) is 12.1 Å². The highest BCUT2D eigenvalue weighted by atomic mass is 79.9. The number of carboxylic acid groups (broad SMARTS) is 1. The first kappa shape index (κ1) is 16.8. The second-order valence-corrected chi connectivity index (χ2v) is 5.50. The second kappa shape index (κ2) is 6.95. The van der Waals surface area contributed by atoms with E-state index in [1.165, 1.54) is 0 Å². The van der Waals surface area contributed by atoms with Gasteiger partial charge < -0.3 is 14.6 Å². The van der Waals surface area contributed by atoms with Crippen LogP contribution in [0.3, 0.4) is 0 Å². The van der Waals surface area contributed by atoms with E-state index >= 15 is 0 Å². The highest BCUT2D eigenvalue weighted by Crippen LogP contribution is 2.33. The third kappa shape index (κ3) is 3.64. The number of nitrogens with one attached hydrogen (secondary N) is 1. The van der Waals surface area contributed by atoms with Gasteiger partial charge in [-0.25, -0.2) is 0 Å². The highest BCUT2D eigenvalue weighted by Gasteiger charge is 2.30. The van der Waals surface area contributed by atoms with Crippen molar-refractivity contribution in [3.05, 3.63) is 22.2 Å². The Kier molecular flexibility index (Phi) is 5.83. The fourth-order valence-corrected chi connectivity index (χ4v) is 2.19. The Labute approximate surface area is 127 Å². The number of hydrogen-bond acceptors (Lipinski definition) is 4. The molecule has 5 nitrogen and oxygen atoms in total. The Balaban J connectivity index is 2.99. The lowest BCUT2D eigenvalue weighted by atomic mass is 9.98. The molecule has 0 radical (unpaired) electrons. The first-order chi connectivity index (χ1) is 9.37. The normalized spacial score (nSPS) is 13.7. The van der Waals surface area contributed by atoms with Gasteiger partial charge in [-0.3, -0.25) is 10.1 Å². The maximum Gasteiger partial charge on any atom is 0.323 e. The molecule has 1 unspecified atom stereocenters. The molecule has 6 heteroatoms. The average molecular weight is 346 g/mol. The highest BCUT2D eigenvalue weighted by molar-refractivity contribution is 9.10. The van der Waals surface area contributed by atoms with E-state index in [1.54, 1.807) is 27.2 Å². The number of methoxy groups -OCH3 is 2. The van der Waals surface area contributed by atoms with Crippen LogP contribution in [0.15, 0.2) is 16.6 Å². The van der Waals surface area contributed by atoms with Crippen LogP contribution in [0.25, 0.3) is 0 Å². The molecule has 0 aliphatic carbocycles. The molecule has 0 aromatic heterocycles. The number of carboxylic acids is 1. The summed E-state index contributed by atoms with van der Waals surface area (Å²) >= 11 is 3.39. The monoisotopic (exact) mass is 345 g/mol. The fourth-order valence-electron chi connectivity index (χ4n) is 1.70. The zero-order valence-corrected chi connectivity index (χ0v) is 13.7. The molecule has 0 bridgehead atoms. The van der Waals surface area contributed by atoms with Crippen LogP contribution in [0.5, 0.6) is 11.5 Å².